The van der Waals surface area contributed by atoms with Gasteiger partial charge in [-0.2, -0.15) is 0 Å². The smallest absolute Gasteiger partial charge is 0.131 e. The van der Waals surface area contributed by atoms with E-state index in [1.165, 1.54) is 0 Å². The lowest BCUT2D eigenvalue weighted by Crippen LogP contribution is -2.12. The van der Waals surface area contributed by atoms with E-state index in [0.717, 1.165) is 22.2 Å². The van der Waals surface area contributed by atoms with Crippen LogP contribution in [0.4, 0.5) is 5.69 Å². The SMILES string of the molecule is NC(=Nc1ccc2ncccc2c1)c1ccccc1. The molecule has 92 valence electrons. The molecule has 0 unspecified atom stereocenters. The molecule has 0 saturated carbocycles. The normalized spacial score (nSPS) is 11.7. The van der Waals surface area contributed by atoms with Crippen LogP contribution in [0.5, 0.6) is 0 Å². The van der Waals surface area contributed by atoms with E-state index >= 15 is 0 Å². The second-order valence-corrected chi connectivity index (χ2v) is 4.24. The molecular formula is C16H13N3. The fourth-order valence-corrected chi connectivity index (χ4v) is 1.95. The average Bonchev–Trinajstić information content (AvgIpc) is 2.48. The summed E-state index contributed by atoms with van der Waals surface area (Å²) < 4.78 is 0. The van der Waals surface area contributed by atoms with Crippen LogP contribution in [0.3, 0.4) is 0 Å². The van der Waals surface area contributed by atoms with E-state index in [4.69, 9.17) is 5.73 Å². The first-order chi connectivity index (χ1) is 9.33. The number of benzene rings is 2. The monoisotopic (exact) mass is 247 g/mol. The summed E-state index contributed by atoms with van der Waals surface area (Å²) in [7, 11) is 0. The highest BCUT2D eigenvalue weighted by Gasteiger charge is 1.99. The first kappa shape index (κ1) is 11.4. The van der Waals surface area contributed by atoms with Crippen molar-refractivity contribution in [3.63, 3.8) is 0 Å². The number of nitrogens with two attached hydrogens (primary N) is 1. The van der Waals surface area contributed by atoms with E-state index in [9.17, 15) is 0 Å². The zero-order chi connectivity index (χ0) is 13.1. The lowest BCUT2D eigenvalue weighted by atomic mass is 10.2. The maximum atomic E-state index is 6.01. The molecule has 3 nitrogen and oxygen atoms in total. The Morgan fingerprint density at radius 2 is 1.79 bits per heavy atom. The van der Waals surface area contributed by atoms with Crippen LogP contribution in [0.15, 0.2) is 71.9 Å². The van der Waals surface area contributed by atoms with Gasteiger partial charge in [-0.3, -0.25) is 4.98 Å². The van der Waals surface area contributed by atoms with Gasteiger partial charge in [0.2, 0.25) is 0 Å². The third-order valence-corrected chi connectivity index (χ3v) is 2.91. The molecule has 0 aliphatic rings. The van der Waals surface area contributed by atoms with E-state index in [2.05, 4.69) is 9.98 Å². The van der Waals surface area contributed by atoms with E-state index in [1.807, 2.05) is 60.7 Å². The van der Waals surface area contributed by atoms with Crippen molar-refractivity contribution in [1.82, 2.24) is 4.98 Å². The molecule has 0 spiro atoms. The molecule has 1 aromatic heterocycles. The van der Waals surface area contributed by atoms with Crippen LogP contribution in [-0.4, -0.2) is 10.8 Å². The number of aliphatic imine (C=N–C) groups is 1. The molecule has 1 heterocycles. The third kappa shape index (κ3) is 2.45. The predicted octanol–water partition coefficient (Wildman–Crippen LogP) is 3.27. The lowest BCUT2D eigenvalue weighted by molar-refractivity contribution is 1.40. The first-order valence-corrected chi connectivity index (χ1v) is 6.07. The van der Waals surface area contributed by atoms with Crippen molar-refractivity contribution >= 4 is 22.4 Å². The second-order valence-electron chi connectivity index (χ2n) is 4.24. The molecule has 0 amide bonds. The van der Waals surface area contributed by atoms with E-state index in [1.54, 1.807) is 6.20 Å². The largest absolute Gasteiger partial charge is 0.383 e. The molecule has 0 aliphatic heterocycles. The third-order valence-electron chi connectivity index (χ3n) is 2.91. The number of nitrogens with zero attached hydrogens (tertiary/aromatic N) is 2. The number of rotatable bonds is 2. The van der Waals surface area contributed by atoms with Gasteiger partial charge in [-0.15, -0.1) is 0 Å². The van der Waals surface area contributed by atoms with Gasteiger partial charge in [0, 0.05) is 17.1 Å². The van der Waals surface area contributed by atoms with Gasteiger partial charge in [-0.05, 0) is 24.3 Å². The van der Waals surface area contributed by atoms with Crippen LogP contribution in [0.2, 0.25) is 0 Å². The van der Waals surface area contributed by atoms with Crippen LogP contribution in [-0.2, 0) is 0 Å². The van der Waals surface area contributed by atoms with Crippen LogP contribution >= 0.6 is 0 Å². The van der Waals surface area contributed by atoms with Gasteiger partial charge in [-0.1, -0.05) is 36.4 Å². The topological polar surface area (TPSA) is 51.3 Å². The summed E-state index contributed by atoms with van der Waals surface area (Å²) in [4.78, 5) is 8.73. The Balaban J connectivity index is 2.01. The van der Waals surface area contributed by atoms with Gasteiger partial charge in [0.05, 0.1) is 11.2 Å². The minimum absolute atomic E-state index is 0.517. The molecule has 3 rings (SSSR count). The quantitative estimate of drug-likeness (QED) is 0.558. The Morgan fingerprint density at radius 1 is 0.947 bits per heavy atom. The zero-order valence-electron chi connectivity index (χ0n) is 10.3. The number of hydrogen-bond donors (Lipinski definition) is 1. The lowest BCUT2D eigenvalue weighted by Gasteiger charge is -2.02. The average molecular weight is 247 g/mol. The molecule has 0 aliphatic carbocycles. The first-order valence-electron chi connectivity index (χ1n) is 6.07. The van der Waals surface area contributed by atoms with Crippen molar-refractivity contribution in [2.45, 2.75) is 0 Å². The molecule has 0 fully saturated rings. The van der Waals surface area contributed by atoms with Crippen LogP contribution in [0.25, 0.3) is 10.9 Å². The Morgan fingerprint density at radius 3 is 2.63 bits per heavy atom. The van der Waals surface area contributed by atoms with E-state index < -0.39 is 0 Å². The molecule has 19 heavy (non-hydrogen) atoms. The zero-order valence-corrected chi connectivity index (χ0v) is 10.3. The maximum absolute atomic E-state index is 6.01. The highest BCUT2D eigenvalue weighted by molar-refractivity contribution is 5.99. The number of amidine groups is 1. The minimum Gasteiger partial charge on any atom is -0.383 e. The Labute approximate surface area is 111 Å². The fraction of sp³-hybridized carbons (Fsp3) is 0. The molecular weight excluding hydrogens is 234 g/mol. The highest BCUT2D eigenvalue weighted by atomic mass is 14.9. The van der Waals surface area contributed by atoms with Crippen molar-refractivity contribution in [2.75, 3.05) is 0 Å². The van der Waals surface area contributed by atoms with Crippen LogP contribution < -0.4 is 5.73 Å². The van der Waals surface area contributed by atoms with E-state index in [0.29, 0.717) is 5.84 Å². The fourth-order valence-electron chi connectivity index (χ4n) is 1.95. The van der Waals surface area contributed by atoms with E-state index in [-0.39, 0.29) is 0 Å². The molecule has 0 saturated heterocycles. The minimum atomic E-state index is 0.517. The summed E-state index contributed by atoms with van der Waals surface area (Å²) in [6.07, 6.45) is 1.78. The molecule has 2 aromatic carbocycles. The van der Waals surface area contributed by atoms with Gasteiger partial charge < -0.3 is 5.73 Å². The predicted molar refractivity (Wildman–Crippen MR) is 78.6 cm³/mol. The second kappa shape index (κ2) is 4.90. The summed E-state index contributed by atoms with van der Waals surface area (Å²) in [5.41, 5.74) is 8.72. The number of pyridine rings is 1. The Kier molecular flexibility index (Phi) is 2.94. The van der Waals surface area contributed by atoms with Gasteiger partial charge >= 0.3 is 0 Å². The van der Waals surface area contributed by atoms with Gasteiger partial charge in [-0.25, -0.2) is 4.99 Å². The Bertz CT molecular complexity index is 733. The molecule has 0 bridgehead atoms. The molecule has 0 radical (unpaired) electrons. The molecule has 3 aromatic rings. The number of hydrogen-bond acceptors (Lipinski definition) is 2. The highest BCUT2D eigenvalue weighted by Crippen LogP contribution is 2.19. The van der Waals surface area contributed by atoms with Gasteiger partial charge in [0.25, 0.3) is 0 Å². The number of aromatic nitrogens is 1. The summed E-state index contributed by atoms with van der Waals surface area (Å²) in [6.45, 7) is 0. The van der Waals surface area contributed by atoms with Crippen molar-refractivity contribution < 1.29 is 0 Å². The van der Waals surface area contributed by atoms with Crippen LogP contribution in [0.1, 0.15) is 5.56 Å². The van der Waals surface area contributed by atoms with Gasteiger partial charge in [0.15, 0.2) is 0 Å². The number of fused-ring (bicyclic) bond motifs is 1. The standard InChI is InChI=1S/C16H13N3/c17-16(12-5-2-1-3-6-12)19-14-8-9-15-13(11-14)7-4-10-18-15/h1-11H,(H2,17,19). The summed E-state index contributed by atoms with van der Waals surface area (Å²) in [6, 6.07) is 19.5. The molecule has 2 N–H and O–H groups in total. The summed E-state index contributed by atoms with van der Waals surface area (Å²) >= 11 is 0. The molecule has 3 heteroatoms. The van der Waals surface area contributed by atoms with Crippen LogP contribution in [0, 0.1) is 0 Å². The summed E-state index contributed by atoms with van der Waals surface area (Å²) in [5.74, 6) is 0.517. The van der Waals surface area contributed by atoms with Gasteiger partial charge in [0.1, 0.15) is 5.84 Å². The van der Waals surface area contributed by atoms with Crippen molar-refractivity contribution in [1.29, 1.82) is 0 Å². The van der Waals surface area contributed by atoms with Crippen molar-refractivity contribution in [3.05, 3.63) is 72.4 Å². The van der Waals surface area contributed by atoms with Crippen molar-refractivity contribution in [3.8, 4) is 0 Å². The summed E-state index contributed by atoms with van der Waals surface area (Å²) in [5, 5.41) is 1.06. The maximum Gasteiger partial charge on any atom is 0.131 e. The van der Waals surface area contributed by atoms with Crippen molar-refractivity contribution in [2.24, 2.45) is 10.7 Å². The Hall–Kier alpha value is -2.68. The molecule has 0 atom stereocenters.